The molecule has 0 bridgehead atoms. The Hall–Kier alpha value is -1.83. The van der Waals surface area contributed by atoms with Gasteiger partial charge in [-0.3, -0.25) is 0 Å². The molecule has 74 valence electrons. The van der Waals surface area contributed by atoms with E-state index in [1.165, 1.54) is 10.9 Å². The van der Waals surface area contributed by atoms with Gasteiger partial charge in [-0.25, -0.2) is 4.79 Å². The molecule has 0 radical (unpaired) electrons. The van der Waals surface area contributed by atoms with E-state index in [4.69, 9.17) is 5.11 Å². The van der Waals surface area contributed by atoms with Crippen molar-refractivity contribution in [2.45, 2.75) is 12.8 Å². The maximum Gasteiger partial charge on any atom is 0.335 e. The maximum atomic E-state index is 11.1. The van der Waals surface area contributed by atoms with Gasteiger partial charge in [-0.1, -0.05) is 24.3 Å². The van der Waals surface area contributed by atoms with Gasteiger partial charge in [0.15, 0.2) is 0 Å². The van der Waals surface area contributed by atoms with Crippen molar-refractivity contribution in [1.82, 2.24) is 0 Å². The number of aryl methyl sites for hydroxylation is 1. The molecule has 2 nitrogen and oxygen atoms in total. The van der Waals surface area contributed by atoms with Gasteiger partial charge in [0.05, 0.1) is 5.56 Å². The lowest BCUT2D eigenvalue weighted by atomic mass is 9.81. The lowest BCUT2D eigenvalue weighted by molar-refractivity contribution is 0.0695. The third-order valence-electron chi connectivity index (χ3n) is 3.13. The second-order valence-electron chi connectivity index (χ2n) is 3.91. The summed E-state index contributed by atoms with van der Waals surface area (Å²) in [7, 11) is 0. The second-order valence-corrected chi connectivity index (χ2v) is 3.91. The molecule has 0 heterocycles. The molecule has 0 aromatic heterocycles. The highest BCUT2D eigenvalue weighted by molar-refractivity contribution is 5.99. The van der Waals surface area contributed by atoms with E-state index in [9.17, 15) is 4.79 Å². The summed E-state index contributed by atoms with van der Waals surface area (Å²) >= 11 is 0. The summed E-state index contributed by atoms with van der Waals surface area (Å²) in [5, 5.41) is 11.3. The fourth-order valence-corrected chi connectivity index (χ4v) is 2.30. The van der Waals surface area contributed by atoms with Crippen LogP contribution in [-0.2, 0) is 12.8 Å². The van der Waals surface area contributed by atoms with Crippen LogP contribution < -0.4 is 0 Å². The number of fused-ring (bicyclic) bond motifs is 3. The average molecular weight is 198 g/mol. The normalized spacial score (nSPS) is 13.3. The van der Waals surface area contributed by atoms with Crippen molar-refractivity contribution >= 4 is 16.7 Å². The van der Waals surface area contributed by atoms with Gasteiger partial charge in [0.25, 0.3) is 0 Å². The summed E-state index contributed by atoms with van der Waals surface area (Å²) in [5.74, 6) is -0.809. The molecule has 0 atom stereocenters. The molecule has 1 aliphatic carbocycles. The molecule has 2 aromatic carbocycles. The van der Waals surface area contributed by atoms with Crippen molar-refractivity contribution in [2.75, 3.05) is 0 Å². The van der Waals surface area contributed by atoms with Gasteiger partial charge in [0, 0.05) is 0 Å². The molecule has 0 saturated carbocycles. The van der Waals surface area contributed by atoms with Gasteiger partial charge in [-0.05, 0) is 40.8 Å². The topological polar surface area (TPSA) is 37.3 Å². The standard InChI is InChI=1S/C13H10O2/c14-13(15)12-7-8-3-1-2-4-9(8)10-5-6-11(10)12/h1-4,7H,5-6H2,(H,14,15). The van der Waals surface area contributed by atoms with E-state index in [0.29, 0.717) is 5.56 Å². The summed E-state index contributed by atoms with van der Waals surface area (Å²) in [6, 6.07) is 9.77. The fraction of sp³-hybridized carbons (Fsp3) is 0.154. The molecular formula is C13H10O2. The lowest BCUT2D eigenvalue weighted by Crippen LogP contribution is -2.15. The number of carbonyl (C=O) groups is 1. The van der Waals surface area contributed by atoms with E-state index >= 15 is 0 Å². The molecule has 0 amide bonds. The van der Waals surface area contributed by atoms with Crippen LogP contribution in [0.25, 0.3) is 10.8 Å². The van der Waals surface area contributed by atoms with Gasteiger partial charge in [0.1, 0.15) is 0 Å². The zero-order valence-electron chi connectivity index (χ0n) is 8.16. The Bertz CT molecular complexity index is 570. The number of hydrogen-bond donors (Lipinski definition) is 1. The molecule has 1 aliphatic rings. The third-order valence-corrected chi connectivity index (χ3v) is 3.13. The largest absolute Gasteiger partial charge is 0.478 e. The average Bonchev–Trinajstić information content (AvgIpc) is 2.16. The van der Waals surface area contributed by atoms with Crippen molar-refractivity contribution < 1.29 is 9.90 Å². The highest BCUT2D eigenvalue weighted by atomic mass is 16.4. The Morgan fingerprint density at radius 1 is 1.13 bits per heavy atom. The Labute approximate surface area is 87.2 Å². The molecule has 0 fully saturated rings. The van der Waals surface area contributed by atoms with Gasteiger partial charge in [-0.2, -0.15) is 0 Å². The molecule has 15 heavy (non-hydrogen) atoms. The fourth-order valence-electron chi connectivity index (χ4n) is 2.30. The van der Waals surface area contributed by atoms with Crippen LogP contribution in [0.5, 0.6) is 0 Å². The Kier molecular flexibility index (Phi) is 1.60. The van der Waals surface area contributed by atoms with Crippen molar-refractivity contribution in [1.29, 1.82) is 0 Å². The summed E-state index contributed by atoms with van der Waals surface area (Å²) in [4.78, 5) is 11.1. The predicted molar refractivity (Wildman–Crippen MR) is 58.3 cm³/mol. The van der Waals surface area contributed by atoms with Gasteiger partial charge < -0.3 is 5.11 Å². The number of rotatable bonds is 1. The smallest absolute Gasteiger partial charge is 0.335 e. The highest BCUT2D eigenvalue weighted by Crippen LogP contribution is 2.34. The molecule has 0 unspecified atom stereocenters. The summed E-state index contributed by atoms with van der Waals surface area (Å²) in [6.45, 7) is 0. The van der Waals surface area contributed by atoms with E-state index in [-0.39, 0.29) is 0 Å². The number of aromatic carboxylic acids is 1. The zero-order valence-corrected chi connectivity index (χ0v) is 8.16. The number of hydrogen-bond acceptors (Lipinski definition) is 1. The van der Waals surface area contributed by atoms with Crippen LogP contribution >= 0.6 is 0 Å². The van der Waals surface area contributed by atoms with Gasteiger partial charge in [-0.15, -0.1) is 0 Å². The van der Waals surface area contributed by atoms with Crippen LogP contribution in [0.2, 0.25) is 0 Å². The van der Waals surface area contributed by atoms with Crippen molar-refractivity contribution in [3.05, 3.63) is 47.0 Å². The van der Waals surface area contributed by atoms with Crippen LogP contribution in [0.1, 0.15) is 21.5 Å². The SMILES string of the molecule is O=C(O)c1cc2ccccc2c2c1CC2. The Morgan fingerprint density at radius 2 is 1.87 bits per heavy atom. The number of benzene rings is 2. The third kappa shape index (κ3) is 1.08. The Balaban J connectivity index is 2.42. The minimum atomic E-state index is -0.809. The maximum absolute atomic E-state index is 11.1. The van der Waals surface area contributed by atoms with E-state index in [2.05, 4.69) is 6.07 Å². The van der Waals surface area contributed by atoms with Crippen LogP contribution in [0.15, 0.2) is 30.3 Å². The number of carboxylic acids is 1. The molecule has 0 saturated heterocycles. The Morgan fingerprint density at radius 3 is 2.53 bits per heavy atom. The molecule has 2 aromatic rings. The minimum Gasteiger partial charge on any atom is -0.478 e. The van der Waals surface area contributed by atoms with Gasteiger partial charge >= 0.3 is 5.97 Å². The first-order valence-electron chi connectivity index (χ1n) is 5.04. The van der Waals surface area contributed by atoms with Crippen molar-refractivity contribution in [3.8, 4) is 0 Å². The van der Waals surface area contributed by atoms with E-state index < -0.39 is 5.97 Å². The lowest BCUT2D eigenvalue weighted by Gasteiger charge is -2.23. The molecule has 3 rings (SSSR count). The summed E-state index contributed by atoms with van der Waals surface area (Å²) in [5.41, 5.74) is 2.74. The van der Waals surface area contributed by atoms with E-state index in [0.717, 1.165) is 23.8 Å². The van der Waals surface area contributed by atoms with Crippen molar-refractivity contribution in [3.63, 3.8) is 0 Å². The van der Waals surface area contributed by atoms with Crippen LogP contribution in [-0.4, -0.2) is 11.1 Å². The molecular weight excluding hydrogens is 188 g/mol. The minimum absolute atomic E-state index is 0.481. The van der Waals surface area contributed by atoms with E-state index in [1.54, 1.807) is 6.07 Å². The number of carboxylic acid groups (broad SMARTS) is 1. The first-order valence-corrected chi connectivity index (χ1v) is 5.04. The molecule has 0 spiro atoms. The van der Waals surface area contributed by atoms with Crippen LogP contribution in [0.3, 0.4) is 0 Å². The molecule has 2 heteroatoms. The van der Waals surface area contributed by atoms with Crippen molar-refractivity contribution in [2.24, 2.45) is 0 Å². The first kappa shape index (κ1) is 8.48. The monoisotopic (exact) mass is 198 g/mol. The van der Waals surface area contributed by atoms with Crippen LogP contribution in [0, 0.1) is 0 Å². The van der Waals surface area contributed by atoms with E-state index in [1.807, 2.05) is 18.2 Å². The molecule has 1 N–H and O–H groups in total. The quantitative estimate of drug-likeness (QED) is 0.764. The first-order chi connectivity index (χ1) is 7.27. The zero-order chi connectivity index (χ0) is 10.4. The highest BCUT2D eigenvalue weighted by Gasteiger charge is 2.23. The second kappa shape index (κ2) is 2.83. The summed E-state index contributed by atoms with van der Waals surface area (Å²) in [6.07, 6.45) is 1.92. The molecule has 0 aliphatic heterocycles. The van der Waals surface area contributed by atoms with Crippen LogP contribution in [0.4, 0.5) is 0 Å². The predicted octanol–water partition coefficient (Wildman–Crippen LogP) is 2.64. The summed E-state index contributed by atoms with van der Waals surface area (Å²) < 4.78 is 0. The van der Waals surface area contributed by atoms with Gasteiger partial charge in [0.2, 0.25) is 0 Å².